The first kappa shape index (κ1) is 11.2. The van der Waals surface area contributed by atoms with Crippen molar-refractivity contribution in [3.8, 4) is 22.9 Å². The van der Waals surface area contributed by atoms with Crippen molar-refractivity contribution in [1.82, 2.24) is 9.78 Å². The lowest BCUT2D eigenvalue weighted by atomic mass is 10.1. The third-order valence-electron chi connectivity index (χ3n) is 2.53. The number of rotatable bonds is 3. The molecule has 1 heterocycles. The van der Waals surface area contributed by atoms with Crippen LogP contribution in [0, 0.1) is 18.3 Å². The Balaban J connectivity index is 2.44. The van der Waals surface area contributed by atoms with Crippen LogP contribution >= 0.6 is 0 Å². The summed E-state index contributed by atoms with van der Waals surface area (Å²) in [7, 11) is 1.65. The fourth-order valence-electron chi connectivity index (χ4n) is 1.71. The maximum Gasteiger partial charge on any atom is 0.128 e. The van der Waals surface area contributed by atoms with Gasteiger partial charge in [-0.1, -0.05) is 11.6 Å². The zero-order chi connectivity index (χ0) is 12.3. The largest absolute Gasteiger partial charge is 0.496 e. The highest BCUT2D eigenvalue weighted by atomic mass is 16.5. The molecule has 2 aromatic rings. The van der Waals surface area contributed by atoms with Gasteiger partial charge in [0, 0.05) is 17.3 Å². The highest BCUT2D eigenvalue weighted by Crippen LogP contribution is 2.30. The van der Waals surface area contributed by atoms with Gasteiger partial charge in [-0.25, -0.2) is 0 Å². The molecule has 0 N–H and O–H groups in total. The molecule has 17 heavy (non-hydrogen) atoms. The van der Waals surface area contributed by atoms with Crippen molar-refractivity contribution in [2.24, 2.45) is 0 Å². The first-order valence-corrected chi connectivity index (χ1v) is 5.29. The Labute approximate surface area is 100 Å². The van der Waals surface area contributed by atoms with Gasteiger partial charge >= 0.3 is 0 Å². The third-order valence-corrected chi connectivity index (χ3v) is 2.53. The van der Waals surface area contributed by atoms with E-state index in [2.05, 4.69) is 11.2 Å². The van der Waals surface area contributed by atoms with E-state index in [1.807, 2.05) is 31.3 Å². The van der Waals surface area contributed by atoms with Gasteiger partial charge in [0.15, 0.2) is 0 Å². The molecule has 86 valence electrons. The van der Waals surface area contributed by atoms with Crippen molar-refractivity contribution in [3.05, 3.63) is 36.2 Å². The second-order valence-corrected chi connectivity index (χ2v) is 3.79. The monoisotopic (exact) mass is 227 g/mol. The van der Waals surface area contributed by atoms with Gasteiger partial charge in [0.25, 0.3) is 0 Å². The molecule has 0 spiro atoms. The van der Waals surface area contributed by atoms with Crippen molar-refractivity contribution < 1.29 is 4.74 Å². The summed E-state index contributed by atoms with van der Waals surface area (Å²) in [6.07, 6.45) is 3.59. The molecule has 0 saturated heterocycles. The highest BCUT2D eigenvalue weighted by molar-refractivity contribution is 5.70. The lowest BCUT2D eigenvalue weighted by molar-refractivity contribution is 0.416. The second-order valence-electron chi connectivity index (χ2n) is 3.79. The molecule has 0 aliphatic rings. The van der Waals surface area contributed by atoms with Gasteiger partial charge in [0.2, 0.25) is 0 Å². The summed E-state index contributed by atoms with van der Waals surface area (Å²) in [6, 6.07) is 8.04. The van der Waals surface area contributed by atoms with Gasteiger partial charge < -0.3 is 4.74 Å². The average molecular weight is 227 g/mol. The van der Waals surface area contributed by atoms with E-state index in [0.717, 1.165) is 22.4 Å². The average Bonchev–Trinajstić information content (AvgIpc) is 2.78. The number of aromatic nitrogens is 2. The lowest BCUT2D eigenvalue weighted by Gasteiger charge is -2.07. The number of aryl methyl sites for hydroxylation is 1. The number of nitriles is 1. The maximum atomic E-state index is 8.61. The van der Waals surface area contributed by atoms with Crippen LogP contribution in [0.5, 0.6) is 5.75 Å². The molecule has 4 heteroatoms. The Bertz CT molecular complexity index is 566. The van der Waals surface area contributed by atoms with E-state index in [9.17, 15) is 0 Å². The van der Waals surface area contributed by atoms with Gasteiger partial charge in [-0.3, -0.25) is 4.68 Å². The lowest BCUT2D eigenvalue weighted by Crippen LogP contribution is -1.94. The Morgan fingerprint density at radius 3 is 3.00 bits per heavy atom. The van der Waals surface area contributed by atoms with Crippen LogP contribution in [-0.4, -0.2) is 16.9 Å². The molecule has 0 unspecified atom stereocenters. The van der Waals surface area contributed by atoms with E-state index in [0.29, 0.717) is 0 Å². The van der Waals surface area contributed by atoms with E-state index in [-0.39, 0.29) is 6.54 Å². The molecule has 0 atom stereocenters. The Kier molecular flexibility index (Phi) is 3.10. The summed E-state index contributed by atoms with van der Waals surface area (Å²) in [6.45, 7) is 2.29. The summed E-state index contributed by atoms with van der Waals surface area (Å²) < 4.78 is 6.93. The van der Waals surface area contributed by atoms with Crippen LogP contribution in [0.15, 0.2) is 30.6 Å². The topological polar surface area (TPSA) is 50.8 Å². The van der Waals surface area contributed by atoms with Crippen LogP contribution < -0.4 is 4.74 Å². The third kappa shape index (κ3) is 2.28. The van der Waals surface area contributed by atoms with Crippen molar-refractivity contribution >= 4 is 0 Å². The molecule has 0 amide bonds. The van der Waals surface area contributed by atoms with Crippen molar-refractivity contribution in [1.29, 1.82) is 5.26 Å². The van der Waals surface area contributed by atoms with Crippen LogP contribution in [0.25, 0.3) is 11.1 Å². The molecular weight excluding hydrogens is 214 g/mol. The molecular formula is C13H13N3O. The minimum Gasteiger partial charge on any atom is -0.496 e. The number of hydrogen-bond acceptors (Lipinski definition) is 3. The minimum absolute atomic E-state index is 0.258. The molecule has 0 aliphatic carbocycles. The van der Waals surface area contributed by atoms with E-state index in [1.165, 1.54) is 0 Å². The highest BCUT2D eigenvalue weighted by Gasteiger charge is 2.08. The number of methoxy groups -OCH3 is 1. The van der Waals surface area contributed by atoms with Crippen molar-refractivity contribution in [2.45, 2.75) is 13.5 Å². The number of benzene rings is 1. The van der Waals surface area contributed by atoms with Crippen LogP contribution in [0.1, 0.15) is 5.56 Å². The van der Waals surface area contributed by atoms with Gasteiger partial charge in [-0.2, -0.15) is 10.4 Å². The molecule has 0 aliphatic heterocycles. The minimum atomic E-state index is 0.258. The van der Waals surface area contributed by atoms with E-state index in [1.54, 1.807) is 18.0 Å². The summed E-state index contributed by atoms with van der Waals surface area (Å²) >= 11 is 0. The molecule has 2 rings (SSSR count). The summed E-state index contributed by atoms with van der Waals surface area (Å²) in [5.41, 5.74) is 3.12. The molecule has 0 bridgehead atoms. The van der Waals surface area contributed by atoms with Gasteiger partial charge in [-0.05, 0) is 19.1 Å². The smallest absolute Gasteiger partial charge is 0.128 e. The van der Waals surface area contributed by atoms with Crippen molar-refractivity contribution in [3.63, 3.8) is 0 Å². The fourth-order valence-corrected chi connectivity index (χ4v) is 1.71. The van der Waals surface area contributed by atoms with E-state index < -0.39 is 0 Å². The van der Waals surface area contributed by atoms with E-state index >= 15 is 0 Å². The van der Waals surface area contributed by atoms with Gasteiger partial charge in [0.05, 0.1) is 19.4 Å². The molecule has 4 nitrogen and oxygen atoms in total. The van der Waals surface area contributed by atoms with Crippen LogP contribution in [-0.2, 0) is 6.54 Å². The SMILES string of the molecule is COc1ccc(C)cc1-c1cnn(CC#N)c1. The first-order valence-electron chi connectivity index (χ1n) is 5.29. The molecule has 0 fully saturated rings. The van der Waals surface area contributed by atoms with Crippen molar-refractivity contribution in [2.75, 3.05) is 7.11 Å². The van der Waals surface area contributed by atoms with Crippen LogP contribution in [0.3, 0.4) is 0 Å². The van der Waals surface area contributed by atoms with Gasteiger partial charge in [0.1, 0.15) is 12.3 Å². The number of nitrogens with zero attached hydrogens (tertiary/aromatic N) is 3. The zero-order valence-electron chi connectivity index (χ0n) is 9.84. The molecule has 0 radical (unpaired) electrons. The quantitative estimate of drug-likeness (QED) is 0.809. The normalized spacial score (nSPS) is 9.94. The summed E-state index contributed by atoms with van der Waals surface area (Å²) in [4.78, 5) is 0. The van der Waals surface area contributed by atoms with Gasteiger partial charge in [-0.15, -0.1) is 0 Å². The Hall–Kier alpha value is -2.28. The summed E-state index contributed by atoms with van der Waals surface area (Å²) in [5, 5.41) is 12.7. The first-order chi connectivity index (χ1) is 8.24. The predicted octanol–water partition coefficient (Wildman–Crippen LogP) is 2.39. The maximum absolute atomic E-state index is 8.61. The second kappa shape index (κ2) is 4.71. The van der Waals surface area contributed by atoms with Crippen LogP contribution in [0.2, 0.25) is 0 Å². The molecule has 1 aromatic heterocycles. The fraction of sp³-hybridized carbons (Fsp3) is 0.231. The Morgan fingerprint density at radius 1 is 1.47 bits per heavy atom. The summed E-state index contributed by atoms with van der Waals surface area (Å²) in [5.74, 6) is 0.812. The molecule has 1 aromatic carbocycles. The Morgan fingerprint density at radius 2 is 2.29 bits per heavy atom. The zero-order valence-corrected chi connectivity index (χ0v) is 9.84. The number of ether oxygens (including phenoxy) is 1. The standard InChI is InChI=1S/C13H13N3O/c1-10-3-4-13(17-2)12(7-10)11-8-15-16(9-11)6-5-14/h3-4,7-9H,6H2,1-2H3. The predicted molar refractivity (Wildman–Crippen MR) is 64.6 cm³/mol. The van der Waals surface area contributed by atoms with E-state index in [4.69, 9.17) is 10.00 Å². The molecule has 0 saturated carbocycles. The number of hydrogen-bond donors (Lipinski definition) is 0. The van der Waals surface area contributed by atoms with Crippen LogP contribution in [0.4, 0.5) is 0 Å².